The van der Waals surface area contributed by atoms with Crippen molar-refractivity contribution in [2.24, 2.45) is 5.73 Å². The second-order valence-corrected chi connectivity index (χ2v) is 6.41. The molecule has 9 nitrogen and oxygen atoms in total. The van der Waals surface area contributed by atoms with Crippen molar-refractivity contribution in [1.29, 1.82) is 0 Å². The van der Waals surface area contributed by atoms with Crippen LogP contribution < -0.4 is 5.73 Å². The predicted molar refractivity (Wildman–Crippen MR) is 96.9 cm³/mol. The number of non-ortho nitro benzene ring substituents is 1. The van der Waals surface area contributed by atoms with Crippen molar-refractivity contribution in [3.05, 3.63) is 62.7 Å². The van der Waals surface area contributed by atoms with Crippen LogP contribution in [0.3, 0.4) is 0 Å². The summed E-state index contributed by atoms with van der Waals surface area (Å²) in [6.45, 7) is 0.182. The molecule has 0 bridgehead atoms. The van der Waals surface area contributed by atoms with Gasteiger partial charge in [0.1, 0.15) is 17.9 Å². The maximum absolute atomic E-state index is 12.7. The van der Waals surface area contributed by atoms with E-state index in [1.54, 1.807) is 6.07 Å². The number of rotatable bonds is 6. The minimum atomic E-state index is -0.883. The Hall–Kier alpha value is -3.20. The lowest BCUT2D eigenvalue weighted by atomic mass is 9.77. The number of hydrogen-bond acceptors (Lipinski definition) is 8. The van der Waals surface area contributed by atoms with E-state index in [9.17, 15) is 19.7 Å². The van der Waals surface area contributed by atoms with Crippen molar-refractivity contribution in [2.45, 2.75) is 25.2 Å². The molecular weight excluding hydrogens is 368 g/mol. The van der Waals surface area contributed by atoms with E-state index in [1.807, 2.05) is 0 Å². The van der Waals surface area contributed by atoms with Gasteiger partial charge in [-0.2, -0.15) is 0 Å². The van der Waals surface area contributed by atoms with Crippen molar-refractivity contribution in [1.82, 2.24) is 0 Å². The van der Waals surface area contributed by atoms with E-state index in [-0.39, 0.29) is 36.1 Å². The number of nitro groups is 1. The molecule has 0 fully saturated rings. The van der Waals surface area contributed by atoms with Gasteiger partial charge in [0, 0.05) is 37.7 Å². The first-order valence-electron chi connectivity index (χ1n) is 8.78. The quantitative estimate of drug-likeness (QED) is 0.339. The van der Waals surface area contributed by atoms with Gasteiger partial charge in [0.2, 0.25) is 5.88 Å². The minimum Gasteiger partial charge on any atom is -0.460 e. The number of allylic oxidation sites excluding steroid dienone is 2. The third kappa shape index (κ3) is 3.74. The number of hydrogen-bond donors (Lipinski definition) is 1. The molecule has 2 N–H and O–H groups in total. The summed E-state index contributed by atoms with van der Waals surface area (Å²) in [4.78, 5) is 36.0. The lowest BCUT2D eigenvalue weighted by Crippen LogP contribution is -2.31. The third-order valence-corrected chi connectivity index (χ3v) is 4.64. The van der Waals surface area contributed by atoms with Crippen LogP contribution >= 0.6 is 0 Å². The number of methoxy groups -OCH3 is 1. The van der Waals surface area contributed by atoms with E-state index < -0.39 is 16.8 Å². The van der Waals surface area contributed by atoms with Crippen LogP contribution in [0.4, 0.5) is 5.69 Å². The summed E-state index contributed by atoms with van der Waals surface area (Å²) in [5, 5.41) is 11.2. The molecule has 0 saturated carbocycles. The molecule has 28 heavy (non-hydrogen) atoms. The smallest absolute Gasteiger partial charge is 0.340 e. The number of carbonyl (C=O) groups is 2. The third-order valence-electron chi connectivity index (χ3n) is 4.64. The minimum absolute atomic E-state index is 0.00633. The van der Waals surface area contributed by atoms with Crippen LogP contribution in [-0.2, 0) is 23.8 Å². The Kier molecular flexibility index (Phi) is 5.74. The molecule has 0 saturated heterocycles. The topological polar surface area (TPSA) is 131 Å². The fourth-order valence-corrected chi connectivity index (χ4v) is 3.40. The van der Waals surface area contributed by atoms with Crippen molar-refractivity contribution in [3.8, 4) is 0 Å². The van der Waals surface area contributed by atoms with Gasteiger partial charge in [-0.1, -0.05) is 12.1 Å². The Bertz CT molecular complexity index is 888. The first kappa shape index (κ1) is 19.6. The van der Waals surface area contributed by atoms with E-state index in [0.29, 0.717) is 36.2 Å². The summed E-state index contributed by atoms with van der Waals surface area (Å²) >= 11 is 0. The molecule has 1 aliphatic carbocycles. The molecule has 1 aromatic rings. The largest absolute Gasteiger partial charge is 0.460 e. The number of nitrogens with zero attached hydrogens (tertiary/aromatic N) is 1. The molecule has 1 heterocycles. The number of nitro benzene ring substituents is 1. The lowest BCUT2D eigenvalue weighted by molar-refractivity contribution is -0.384. The number of carbonyl (C=O) groups excluding carboxylic acids is 2. The molecule has 0 radical (unpaired) electrons. The molecule has 2 aliphatic rings. The average molecular weight is 388 g/mol. The number of benzene rings is 1. The second-order valence-electron chi connectivity index (χ2n) is 6.41. The summed E-state index contributed by atoms with van der Waals surface area (Å²) in [5.41, 5.74) is 6.53. The van der Waals surface area contributed by atoms with Crippen molar-refractivity contribution >= 4 is 17.4 Å². The lowest BCUT2D eigenvalue weighted by Gasteiger charge is -2.32. The molecular formula is C19H20N2O7. The number of Topliss-reactive ketones (excluding diaryl/α,β-unsaturated/α-hetero) is 1. The molecule has 9 heteroatoms. The van der Waals surface area contributed by atoms with Gasteiger partial charge in [-0.25, -0.2) is 4.79 Å². The van der Waals surface area contributed by atoms with Crippen molar-refractivity contribution in [2.75, 3.05) is 20.3 Å². The van der Waals surface area contributed by atoms with E-state index in [0.717, 1.165) is 0 Å². The Labute approximate surface area is 160 Å². The van der Waals surface area contributed by atoms with Crippen LogP contribution in [0.25, 0.3) is 0 Å². The molecule has 0 amide bonds. The zero-order valence-corrected chi connectivity index (χ0v) is 15.3. The van der Waals surface area contributed by atoms with Crippen LogP contribution in [-0.4, -0.2) is 37.0 Å². The van der Waals surface area contributed by atoms with Crippen LogP contribution in [0.2, 0.25) is 0 Å². The normalized spacial score (nSPS) is 19.2. The molecule has 1 aliphatic heterocycles. The number of nitrogens with two attached hydrogens (primary N) is 1. The molecule has 3 rings (SSSR count). The zero-order valence-electron chi connectivity index (χ0n) is 15.3. The van der Waals surface area contributed by atoms with E-state index >= 15 is 0 Å². The highest BCUT2D eigenvalue weighted by molar-refractivity contribution is 6.03. The van der Waals surface area contributed by atoms with Crippen LogP contribution in [0.1, 0.15) is 30.7 Å². The Morgan fingerprint density at radius 2 is 2.14 bits per heavy atom. The number of ketones is 1. The second kappa shape index (κ2) is 8.22. The molecule has 1 aromatic carbocycles. The molecule has 0 aromatic heterocycles. The molecule has 1 atom stereocenters. The fourth-order valence-electron chi connectivity index (χ4n) is 3.40. The highest BCUT2D eigenvalue weighted by atomic mass is 16.6. The van der Waals surface area contributed by atoms with Crippen molar-refractivity contribution < 1.29 is 28.7 Å². The SMILES string of the molecule is COCCOC(=O)C1=C(N)OC2=C(C(=O)CCC2)C1c1cccc([N+](=O)[O-])c1. The molecule has 0 spiro atoms. The maximum atomic E-state index is 12.7. The number of ether oxygens (including phenoxy) is 3. The average Bonchev–Trinajstić information content (AvgIpc) is 2.67. The standard InChI is InChI=1S/C19H20N2O7/c1-26-8-9-27-19(23)17-15(11-4-2-5-12(10-11)21(24)25)16-13(22)6-3-7-14(16)28-18(17)20/h2,4-5,10,15H,3,6-9,20H2,1H3. The van der Waals surface area contributed by atoms with Crippen molar-refractivity contribution in [3.63, 3.8) is 0 Å². The number of esters is 1. The monoisotopic (exact) mass is 388 g/mol. The Balaban J connectivity index is 2.09. The molecule has 1 unspecified atom stereocenters. The van der Waals surface area contributed by atoms with E-state index in [4.69, 9.17) is 19.9 Å². The summed E-state index contributed by atoms with van der Waals surface area (Å²) in [6, 6.07) is 5.79. The summed E-state index contributed by atoms with van der Waals surface area (Å²) in [7, 11) is 1.47. The van der Waals surface area contributed by atoms with Gasteiger partial charge >= 0.3 is 5.97 Å². The van der Waals surface area contributed by atoms with Gasteiger partial charge < -0.3 is 19.9 Å². The van der Waals surface area contributed by atoms with Gasteiger partial charge in [0.15, 0.2) is 5.78 Å². The maximum Gasteiger partial charge on any atom is 0.340 e. The predicted octanol–water partition coefficient (Wildman–Crippen LogP) is 2.08. The van der Waals surface area contributed by atoms with Gasteiger partial charge in [0.05, 0.1) is 17.4 Å². The van der Waals surface area contributed by atoms with Crippen LogP contribution in [0.5, 0.6) is 0 Å². The van der Waals surface area contributed by atoms with Crippen LogP contribution in [0.15, 0.2) is 47.1 Å². The zero-order chi connectivity index (χ0) is 20.3. The summed E-state index contributed by atoms with van der Waals surface area (Å²) in [5.74, 6) is -1.57. The Morgan fingerprint density at radius 1 is 1.36 bits per heavy atom. The van der Waals surface area contributed by atoms with E-state index in [2.05, 4.69) is 0 Å². The van der Waals surface area contributed by atoms with Gasteiger partial charge in [-0.05, 0) is 12.0 Å². The van der Waals surface area contributed by atoms with E-state index in [1.165, 1.54) is 25.3 Å². The Morgan fingerprint density at radius 3 is 2.86 bits per heavy atom. The highest BCUT2D eigenvalue weighted by Crippen LogP contribution is 2.44. The van der Waals surface area contributed by atoms with Gasteiger partial charge in [0.25, 0.3) is 5.69 Å². The first-order valence-corrected chi connectivity index (χ1v) is 8.78. The van der Waals surface area contributed by atoms with Gasteiger partial charge in [-0.15, -0.1) is 0 Å². The summed E-state index contributed by atoms with van der Waals surface area (Å²) < 4.78 is 15.6. The fraction of sp³-hybridized carbons (Fsp3) is 0.368. The summed E-state index contributed by atoms with van der Waals surface area (Å²) in [6.07, 6.45) is 1.42. The van der Waals surface area contributed by atoms with Gasteiger partial charge in [-0.3, -0.25) is 14.9 Å². The molecule has 148 valence electrons. The first-order chi connectivity index (χ1) is 13.4. The highest BCUT2D eigenvalue weighted by Gasteiger charge is 2.41. The van der Waals surface area contributed by atoms with Crippen LogP contribution in [0, 0.1) is 10.1 Å².